The molecule has 0 aliphatic carbocycles. The van der Waals surface area contributed by atoms with Crippen molar-refractivity contribution >= 4 is 19.8 Å². The molecule has 3 atom stereocenters. The van der Waals surface area contributed by atoms with Crippen LogP contribution in [0.2, 0.25) is 0 Å². The Bertz CT molecular complexity index is 1180. The van der Waals surface area contributed by atoms with E-state index in [-0.39, 0.29) is 19.4 Å². The van der Waals surface area contributed by atoms with Crippen LogP contribution < -0.4 is 0 Å². The van der Waals surface area contributed by atoms with E-state index in [2.05, 4.69) is 79.1 Å². The molecule has 57 heavy (non-hydrogen) atoms. The third kappa shape index (κ3) is 41.4. The van der Waals surface area contributed by atoms with Gasteiger partial charge >= 0.3 is 19.8 Å². The van der Waals surface area contributed by atoms with Crippen molar-refractivity contribution in [3.8, 4) is 0 Å². The predicted octanol–water partition coefficient (Wildman–Crippen LogP) is 11.7. The van der Waals surface area contributed by atoms with Gasteiger partial charge in [-0.25, -0.2) is 4.57 Å². The van der Waals surface area contributed by atoms with Crippen molar-refractivity contribution in [3.05, 3.63) is 72.9 Å². The first kappa shape index (κ1) is 54.4. The number of carbonyl (C=O) groups excluding carboxylic acids is 2. The van der Waals surface area contributed by atoms with Gasteiger partial charge in [0, 0.05) is 12.8 Å². The van der Waals surface area contributed by atoms with Crippen LogP contribution in [0.5, 0.6) is 0 Å². The summed E-state index contributed by atoms with van der Waals surface area (Å²) < 4.78 is 32.6. The maximum atomic E-state index is 12.6. The standard InChI is InChI=1S/C46H79O10P/c1-3-5-7-9-11-13-15-17-19-20-21-22-24-26-28-30-32-34-36-38-46(50)56-44(42-55-57(51,52)54-40-43(48)39-47)41-53-45(49)37-35-33-31-29-27-25-23-18-16-14-12-10-8-6-4-2/h11,13-14,16-17,19,21-22,26,28,32,34,43-44,47-48H,3-10,12,15,18,20,23-25,27,29-31,33,35-42H2,1-2H3,(H,51,52)/t43-,44+/m0/s1. The molecule has 0 amide bonds. The van der Waals surface area contributed by atoms with E-state index < -0.39 is 51.8 Å². The van der Waals surface area contributed by atoms with Crippen molar-refractivity contribution in [3.63, 3.8) is 0 Å². The minimum atomic E-state index is -4.64. The van der Waals surface area contributed by atoms with Gasteiger partial charge in [-0.3, -0.25) is 18.6 Å². The van der Waals surface area contributed by atoms with Gasteiger partial charge in [0.2, 0.25) is 0 Å². The fraction of sp³-hybridized carbons (Fsp3) is 0.696. The predicted molar refractivity (Wildman–Crippen MR) is 233 cm³/mol. The molecule has 0 saturated heterocycles. The first-order chi connectivity index (χ1) is 27.7. The molecule has 0 spiro atoms. The summed E-state index contributed by atoms with van der Waals surface area (Å²) in [5, 5.41) is 18.3. The Morgan fingerprint density at radius 2 is 0.947 bits per heavy atom. The zero-order valence-corrected chi connectivity index (χ0v) is 36.4. The topological polar surface area (TPSA) is 149 Å². The van der Waals surface area contributed by atoms with Crippen LogP contribution >= 0.6 is 7.82 Å². The zero-order valence-electron chi connectivity index (χ0n) is 35.5. The highest BCUT2D eigenvalue weighted by molar-refractivity contribution is 7.47. The average molecular weight is 823 g/mol. The number of hydrogen-bond donors (Lipinski definition) is 3. The van der Waals surface area contributed by atoms with Crippen molar-refractivity contribution in [1.29, 1.82) is 0 Å². The van der Waals surface area contributed by atoms with Crippen molar-refractivity contribution in [2.75, 3.05) is 26.4 Å². The molecular weight excluding hydrogens is 743 g/mol. The van der Waals surface area contributed by atoms with Gasteiger partial charge in [0.25, 0.3) is 0 Å². The third-order valence-corrected chi connectivity index (χ3v) is 9.80. The highest BCUT2D eigenvalue weighted by atomic mass is 31.2. The summed E-state index contributed by atoms with van der Waals surface area (Å²) in [6.07, 6.45) is 47.3. The summed E-state index contributed by atoms with van der Waals surface area (Å²) in [5.41, 5.74) is 0. The molecule has 11 heteroatoms. The van der Waals surface area contributed by atoms with Gasteiger partial charge in [-0.1, -0.05) is 151 Å². The maximum Gasteiger partial charge on any atom is 0.472 e. The average Bonchev–Trinajstić information content (AvgIpc) is 3.20. The highest BCUT2D eigenvalue weighted by Crippen LogP contribution is 2.43. The smallest absolute Gasteiger partial charge is 0.462 e. The van der Waals surface area contributed by atoms with Crippen LogP contribution in [-0.4, -0.2) is 65.7 Å². The molecule has 0 aliphatic heterocycles. The van der Waals surface area contributed by atoms with Crippen molar-refractivity contribution in [2.45, 2.75) is 180 Å². The molecule has 10 nitrogen and oxygen atoms in total. The summed E-state index contributed by atoms with van der Waals surface area (Å²) in [5.74, 6) is -1.03. The number of esters is 2. The molecule has 3 N–H and O–H groups in total. The quantitative estimate of drug-likeness (QED) is 0.0236. The first-order valence-corrected chi connectivity index (χ1v) is 23.4. The van der Waals surface area contributed by atoms with Gasteiger partial charge in [-0.05, 0) is 77.0 Å². The van der Waals surface area contributed by atoms with Gasteiger partial charge in [-0.2, -0.15) is 0 Å². The molecule has 0 bridgehead atoms. The number of unbranched alkanes of at least 4 members (excludes halogenated alkanes) is 14. The van der Waals surface area contributed by atoms with E-state index in [0.29, 0.717) is 12.8 Å². The summed E-state index contributed by atoms with van der Waals surface area (Å²) in [6, 6.07) is 0. The fourth-order valence-corrected chi connectivity index (χ4v) is 6.23. The van der Waals surface area contributed by atoms with Gasteiger partial charge in [-0.15, -0.1) is 0 Å². The molecule has 0 aromatic heterocycles. The molecule has 0 aliphatic rings. The molecule has 0 aromatic carbocycles. The Morgan fingerprint density at radius 1 is 0.526 bits per heavy atom. The summed E-state index contributed by atoms with van der Waals surface area (Å²) in [6.45, 7) is 2.24. The van der Waals surface area contributed by atoms with Gasteiger partial charge < -0.3 is 24.6 Å². The Labute approximate surface area is 346 Å². The molecular formula is C46H79O10P. The first-order valence-electron chi connectivity index (χ1n) is 21.9. The third-order valence-electron chi connectivity index (χ3n) is 8.85. The van der Waals surface area contributed by atoms with Gasteiger partial charge in [0.1, 0.15) is 12.7 Å². The lowest BCUT2D eigenvalue weighted by atomic mass is 10.1. The van der Waals surface area contributed by atoms with E-state index in [0.717, 1.165) is 51.4 Å². The van der Waals surface area contributed by atoms with E-state index >= 15 is 0 Å². The van der Waals surface area contributed by atoms with Crippen LogP contribution in [-0.2, 0) is 32.7 Å². The summed E-state index contributed by atoms with van der Waals surface area (Å²) >= 11 is 0. The van der Waals surface area contributed by atoms with Crippen LogP contribution in [0.3, 0.4) is 0 Å². The molecule has 328 valence electrons. The van der Waals surface area contributed by atoms with Crippen molar-refractivity contribution in [1.82, 2.24) is 0 Å². The van der Waals surface area contributed by atoms with Crippen LogP contribution in [0.4, 0.5) is 0 Å². The van der Waals surface area contributed by atoms with Crippen LogP contribution in [0, 0.1) is 0 Å². The maximum absolute atomic E-state index is 12.6. The second-order valence-electron chi connectivity index (χ2n) is 14.4. The highest BCUT2D eigenvalue weighted by Gasteiger charge is 2.27. The summed E-state index contributed by atoms with van der Waals surface area (Å²) in [7, 11) is -4.64. The largest absolute Gasteiger partial charge is 0.472 e. The van der Waals surface area contributed by atoms with E-state index in [1.165, 1.54) is 77.0 Å². The van der Waals surface area contributed by atoms with Crippen LogP contribution in [0.25, 0.3) is 0 Å². The SMILES string of the molecule is CCCCCC=CCC=CCC=CCC=CCC=CCCC(=O)O[C@H](COC(=O)CCCCCCCCCC=CCCCCCC)COP(=O)(O)OC[C@@H](O)CO. The van der Waals surface area contributed by atoms with Crippen molar-refractivity contribution in [2.24, 2.45) is 0 Å². The van der Waals surface area contributed by atoms with Gasteiger partial charge in [0.05, 0.1) is 19.8 Å². The van der Waals surface area contributed by atoms with E-state index in [9.17, 15) is 24.2 Å². The molecule has 0 rings (SSSR count). The second-order valence-corrected chi connectivity index (χ2v) is 15.8. The number of carbonyl (C=O) groups is 2. The number of rotatable bonds is 40. The number of hydrogen-bond acceptors (Lipinski definition) is 9. The Kier molecular flexibility index (Phi) is 39.7. The fourth-order valence-electron chi connectivity index (χ4n) is 5.44. The molecule has 0 radical (unpaired) electrons. The number of aliphatic hydroxyl groups is 2. The molecule has 1 unspecified atom stereocenters. The lowest BCUT2D eigenvalue weighted by molar-refractivity contribution is -0.161. The normalized spacial score (nSPS) is 14.5. The number of allylic oxidation sites excluding steroid dienone is 12. The molecule has 0 aromatic rings. The minimum absolute atomic E-state index is 0.0569. The number of aliphatic hydroxyl groups excluding tert-OH is 2. The van der Waals surface area contributed by atoms with Crippen LogP contribution in [0.15, 0.2) is 72.9 Å². The van der Waals surface area contributed by atoms with Crippen molar-refractivity contribution < 1.29 is 47.8 Å². The van der Waals surface area contributed by atoms with E-state index in [4.69, 9.17) is 19.1 Å². The minimum Gasteiger partial charge on any atom is -0.462 e. The molecule has 0 heterocycles. The monoisotopic (exact) mass is 823 g/mol. The lowest BCUT2D eigenvalue weighted by Gasteiger charge is -2.20. The zero-order chi connectivity index (χ0) is 41.9. The molecule has 0 fully saturated rings. The molecule has 0 saturated carbocycles. The van der Waals surface area contributed by atoms with Crippen LogP contribution in [0.1, 0.15) is 168 Å². The van der Waals surface area contributed by atoms with E-state index in [1.54, 1.807) is 0 Å². The lowest BCUT2D eigenvalue weighted by Crippen LogP contribution is -2.29. The van der Waals surface area contributed by atoms with Gasteiger partial charge in [0.15, 0.2) is 6.10 Å². The summed E-state index contributed by atoms with van der Waals surface area (Å²) in [4.78, 5) is 34.9. The van der Waals surface area contributed by atoms with E-state index in [1.807, 2.05) is 12.2 Å². The Balaban J connectivity index is 4.44. The number of phosphoric ester groups is 1. The Morgan fingerprint density at radius 3 is 1.49 bits per heavy atom. The Hall–Kier alpha value is -2.59. The second kappa shape index (κ2) is 41.6. The number of phosphoric acid groups is 1. The number of ether oxygens (including phenoxy) is 2.